The number of anilines is 1. The molecule has 0 bridgehead atoms. The lowest BCUT2D eigenvalue weighted by atomic mass is 10.1. The molecule has 6 heteroatoms. The fourth-order valence-electron chi connectivity index (χ4n) is 3.24. The lowest BCUT2D eigenvalue weighted by molar-refractivity contribution is 0.154. The van der Waals surface area contributed by atoms with Crippen molar-refractivity contribution in [1.82, 2.24) is 20.3 Å². The largest absolute Gasteiger partial charge is 0.391 e. The Morgan fingerprint density at radius 3 is 2.76 bits per heavy atom. The van der Waals surface area contributed by atoms with E-state index in [-0.39, 0.29) is 6.10 Å². The van der Waals surface area contributed by atoms with E-state index in [4.69, 9.17) is 0 Å². The van der Waals surface area contributed by atoms with Crippen LogP contribution in [0.3, 0.4) is 0 Å². The zero-order valence-electron chi connectivity index (χ0n) is 15.3. The average Bonchev–Trinajstić information content (AvgIpc) is 2.60. The fourth-order valence-corrected chi connectivity index (χ4v) is 3.24. The Bertz CT molecular complexity index is 734. The summed E-state index contributed by atoms with van der Waals surface area (Å²) in [5.74, 6) is 0.969. The van der Waals surface area contributed by atoms with Crippen molar-refractivity contribution in [1.29, 1.82) is 0 Å². The van der Waals surface area contributed by atoms with Gasteiger partial charge in [-0.15, -0.1) is 0 Å². The van der Waals surface area contributed by atoms with Gasteiger partial charge in [0.15, 0.2) is 0 Å². The van der Waals surface area contributed by atoms with Crippen molar-refractivity contribution in [3.63, 3.8) is 0 Å². The number of aliphatic hydroxyl groups is 1. The third kappa shape index (κ3) is 4.32. The topological polar surface area (TPSA) is 74.2 Å². The number of hydrogen-bond acceptors (Lipinski definition) is 6. The third-order valence-corrected chi connectivity index (χ3v) is 4.75. The van der Waals surface area contributed by atoms with Crippen molar-refractivity contribution in [2.45, 2.75) is 52.8 Å². The third-order valence-electron chi connectivity index (χ3n) is 4.75. The number of nitrogens with one attached hydrogen (secondary N) is 1. The second-order valence-corrected chi connectivity index (χ2v) is 6.76. The molecule has 0 spiro atoms. The zero-order chi connectivity index (χ0) is 17.8. The predicted octanol–water partition coefficient (Wildman–Crippen LogP) is 2.05. The first-order valence-corrected chi connectivity index (χ1v) is 8.93. The van der Waals surface area contributed by atoms with Crippen molar-refractivity contribution in [3.05, 3.63) is 46.7 Å². The lowest BCUT2D eigenvalue weighted by Gasteiger charge is -2.32. The van der Waals surface area contributed by atoms with Gasteiger partial charge < -0.3 is 15.3 Å². The molecule has 0 saturated carbocycles. The molecule has 1 fully saturated rings. The zero-order valence-corrected chi connectivity index (χ0v) is 15.3. The van der Waals surface area contributed by atoms with Crippen LogP contribution in [-0.2, 0) is 13.1 Å². The van der Waals surface area contributed by atoms with Crippen LogP contribution in [0, 0.1) is 20.8 Å². The summed E-state index contributed by atoms with van der Waals surface area (Å²) in [6.45, 7) is 8.98. The molecule has 3 heterocycles. The van der Waals surface area contributed by atoms with Crippen LogP contribution in [0.4, 0.5) is 5.82 Å². The highest BCUT2D eigenvalue weighted by Crippen LogP contribution is 2.22. The smallest absolute Gasteiger partial charge is 0.133 e. The first-order chi connectivity index (χ1) is 12.0. The molecule has 134 valence electrons. The molecule has 2 N–H and O–H groups in total. The number of nitrogens with zero attached hydrogens (tertiary/aromatic N) is 4. The van der Waals surface area contributed by atoms with E-state index in [0.29, 0.717) is 19.6 Å². The van der Waals surface area contributed by atoms with Crippen molar-refractivity contribution in [3.8, 4) is 0 Å². The van der Waals surface area contributed by atoms with Crippen LogP contribution in [0.25, 0.3) is 0 Å². The number of piperidine rings is 1. The molecule has 0 unspecified atom stereocenters. The molecule has 2 aromatic heterocycles. The van der Waals surface area contributed by atoms with Gasteiger partial charge in [0, 0.05) is 37.9 Å². The van der Waals surface area contributed by atoms with Crippen LogP contribution < -0.4 is 10.2 Å². The molecule has 0 amide bonds. The second kappa shape index (κ2) is 7.89. The SMILES string of the molecule is Cc1nc(C)c(CNCc2cccnc2N2CCC[C@H](O)C2)nc1C. The van der Waals surface area contributed by atoms with Crippen LogP contribution in [0.5, 0.6) is 0 Å². The predicted molar refractivity (Wildman–Crippen MR) is 98.5 cm³/mol. The standard InChI is InChI=1S/C19H27N5O/c1-13-14(2)23-18(15(3)22-13)11-20-10-16-6-4-8-21-19(16)24-9-5-7-17(25)12-24/h4,6,8,17,20,25H,5,7,9-12H2,1-3H3/t17-/m0/s1. The Morgan fingerprint density at radius 1 is 1.16 bits per heavy atom. The van der Waals surface area contributed by atoms with Gasteiger partial charge in [0.25, 0.3) is 0 Å². The van der Waals surface area contributed by atoms with E-state index in [0.717, 1.165) is 53.5 Å². The quantitative estimate of drug-likeness (QED) is 0.867. The minimum absolute atomic E-state index is 0.259. The molecule has 2 aromatic rings. The molecule has 0 aliphatic carbocycles. The van der Waals surface area contributed by atoms with Gasteiger partial charge >= 0.3 is 0 Å². The summed E-state index contributed by atoms with van der Waals surface area (Å²) < 4.78 is 0. The van der Waals surface area contributed by atoms with Gasteiger partial charge in [-0.1, -0.05) is 6.07 Å². The molecule has 1 atom stereocenters. The van der Waals surface area contributed by atoms with Crippen LogP contribution in [0.15, 0.2) is 18.3 Å². The van der Waals surface area contributed by atoms with Crippen LogP contribution in [0.2, 0.25) is 0 Å². The molecule has 1 aliphatic rings. The Balaban J connectivity index is 1.67. The molecule has 0 aromatic carbocycles. The first-order valence-electron chi connectivity index (χ1n) is 8.93. The molecule has 0 radical (unpaired) electrons. The van der Waals surface area contributed by atoms with Gasteiger partial charge in [0.05, 0.1) is 28.9 Å². The molecule has 1 aliphatic heterocycles. The molecule has 6 nitrogen and oxygen atoms in total. The van der Waals surface area contributed by atoms with Gasteiger partial charge in [0.2, 0.25) is 0 Å². The van der Waals surface area contributed by atoms with Crippen LogP contribution >= 0.6 is 0 Å². The maximum atomic E-state index is 9.94. The van der Waals surface area contributed by atoms with Gasteiger partial charge in [-0.05, 0) is 39.7 Å². The van der Waals surface area contributed by atoms with E-state index in [1.165, 1.54) is 0 Å². The van der Waals surface area contributed by atoms with Gasteiger partial charge in [-0.2, -0.15) is 0 Å². The summed E-state index contributed by atoms with van der Waals surface area (Å²) in [6, 6.07) is 4.05. The number of hydrogen-bond donors (Lipinski definition) is 2. The van der Waals surface area contributed by atoms with E-state index >= 15 is 0 Å². The summed E-state index contributed by atoms with van der Waals surface area (Å²) in [5.41, 5.74) is 5.07. The van der Waals surface area contributed by atoms with Crippen molar-refractivity contribution < 1.29 is 5.11 Å². The van der Waals surface area contributed by atoms with Crippen molar-refractivity contribution in [2.75, 3.05) is 18.0 Å². The van der Waals surface area contributed by atoms with Gasteiger partial charge in [-0.3, -0.25) is 9.97 Å². The van der Waals surface area contributed by atoms with Gasteiger partial charge in [0.1, 0.15) is 5.82 Å². The van der Waals surface area contributed by atoms with Gasteiger partial charge in [-0.25, -0.2) is 4.98 Å². The average molecular weight is 341 g/mol. The minimum Gasteiger partial charge on any atom is -0.391 e. The molecular weight excluding hydrogens is 314 g/mol. The highest BCUT2D eigenvalue weighted by atomic mass is 16.3. The number of aromatic nitrogens is 3. The molecule has 1 saturated heterocycles. The molecular formula is C19H27N5O. The first kappa shape index (κ1) is 17.8. The number of aliphatic hydroxyl groups excluding tert-OH is 1. The Hall–Kier alpha value is -2.05. The second-order valence-electron chi connectivity index (χ2n) is 6.76. The number of β-amino-alcohol motifs (C(OH)–C–C–N with tert-alkyl or cyclic N) is 1. The minimum atomic E-state index is -0.259. The summed E-state index contributed by atoms with van der Waals surface area (Å²) in [6.07, 6.45) is 3.44. The summed E-state index contributed by atoms with van der Waals surface area (Å²) in [5, 5.41) is 13.4. The molecule has 25 heavy (non-hydrogen) atoms. The Kier molecular flexibility index (Phi) is 5.60. The van der Waals surface area contributed by atoms with E-state index in [9.17, 15) is 5.11 Å². The summed E-state index contributed by atoms with van der Waals surface area (Å²) in [7, 11) is 0. The number of aryl methyl sites for hydroxylation is 3. The van der Waals surface area contributed by atoms with Crippen LogP contribution in [-0.4, -0.2) is 39.3 Å². The monoisotopic (exact) mass is 341 g/mol. The van der Waals surface area contributed by atoms with E-state index in [1.54, 1.807) is 0 Å². The fraction of sp³-hybridized carbons (Fsp3) is 0.526. The highest BCUT2D eigenvalue weighted by Gasteiger charge is 2.20. The Morgan fingerprint density at radius 2 is 1.96 bits per heavy atom. The highest BCUT2D eigenvalue weighted by molar-refractivity contribution is 5.47. The number of rotatable bonds is 5. The van der Waals surface area contributed by atoms with Crippen molar-refractivity contribution >= 4 is 5.82 Å². The lowest BCUT2D eigenvalue weighted by Crippen LogP contribution is -2.39. The van der Waals surface area contributed by atoms with E-state index < -0.39 is 0 Å². The maximum Gasteiger partial charge on any atom is 0.133 e. The number of pyridine rings is 1. The normalized spacial score (nSPS) is 17.8. The van der Waals surface area contributed by atoms with Crippen molar-refractivity contribution in [2.24, 2.45) is 0 Å². The Labute approximate surface area is 149 Å². The van der Waals surface area contributed by atoms with E-state index in [2.05, 4.69) is 31.2 Å². The van der Waals surface area contributed by atoms with E-state index in [1.807, 2.05) is 33.0 Å². The maximum absolute atomic E-state index is 9.94. The van der Waals surface area contributed by atoms with Crippen LogP contribution in [0.1, 0.15) is 41.2 Å². The summed E-state index contributed by atoms with van der Waals surface area (Å²) in [4.78, 5) is 15.9. The summed E-state index contributed by atoms with van der Waals surface area (Å²) >= 11 is 0. The molecule has 3 rings (SSSR count).